The highest BCUT2D eigenvalue weighted by molar-refractivity contribution is 7.71. The molecule has 1 heterocycles. The number of aryl methyl sites for hydroxylation is 1. The van der Waals surface area contributed by atoms with Gasteiger partial charge >= 0.3 is 0 Å². The van der Waals surface area contributed by atoms with Crippen molar-refractivity contribution in [3.05, 3.63) is 10.6 Å². The lowest BCUT2D eigenvalue weighted by Gasteiger charge is -1.91. The third-order valence-corrected chi connectivity index (χ3v) is 2.09. The van der Waals surface area contributed by atoms with E-state index in [1.54, 1.807) is 4.68 Å². The highest BCUT2D eigenvalue weighted by Gasteiger charge is 2.18. The first-order chi connectivity index (χ1) is 5.77. The largest absolute Gasteiger partial charge is 0.250 e. The molecule has 0 atom stereocenters. The average molecular weight is 182 g/mol. The van der Waals surface area contributed by atoms with Crippen molar-refractivity contribution in [2.75, 3.05) is 0 Å². The van der Waals surface area contributed by atoms with Gasteiger partial charge in [-0.05, 0) is 37.9 Å². The summed E-state index contributed by atoms with van der Waals surface area (Å²) in [5.41, 5.74) is 0. The number of nitrogens with one attached hydrogen (secondary N) is 1. The molecule has 12 heavy (non-hydrogen) atoms. The Bertz CT molecular complexity index is 358. The van der Waals surface area contributed by atoms with E-state index in [0.717, 1.165) is 5.82 Å². The van der Waals surface area contributed by atoms with E-state index in [2.05, 4.69) is 15.3 Å². The van der Waals surface area contributed by atoms with E-state index in [0.29, 0.717) is 10.7 Å². The summed E-state index contributed by atoms with van der Waals surface area (Å²) in [7, 11) is 0. The summed E-state index contributed by atoms with van der Waals surface area (Å²) in [5.74, 6) is 1.47. The minimum absolute atomic E-state index is 0.560. The van der Waals surface area contributed by atoms with E-state index in [-0.39, 0.29) is 0 Å². The lowest BCUT2D eigenvalue weighted by Crippen LogP contribution is -1.93. The fraction of sp³-hybridized carbons (Fsp3) is 0.571. The van der Waals surface area contributed by atoms with Crippen LogP contribution in [0.2, 0.25) is 0 Å². The molecule has 0 bridgehead atoms. The standard InChI is InChI=1S/C7H10N4S/c1-5-9-10-7(12)11(5)8-4-6-2-3-6/h4,6H,2-3H2,1H3,(H,10,12)/b8-4+. The molecule has 1 saturated carbocycles. The summed E-state index contributed by atoms with van der Waals surface area (Å²) in [4.78, 5) is 0. The molecule has 1 aliphatic rings. The minimum atomic E-state index is 0.560. The first-order valence-electron chi connectivity index (χ1n) is 3.96. The molecule has 4 nitrogen and oxygen atoms in total. The van der Waals surface area contributed by atoms with Crippen LogP contribution < -0.4 is 0 Å². The first kappa shape index (κ1) is 7.67. The van der Waals surface area contributed by atoms with Crippen molar-refractivity contribution in [2.24, 2.45) is 11.0 Å². The van der Waals surface area contributed by atoms with Crippen molar-refractivity contribution < 1.29 is 0 Å². The Labute approximate surface area is 75.3 Å². The van der Waals surface area contributed by atoms with Gasteiger partial charge in [-0.15, -0.1) is 0 Å². The summed E-state index contributed by atoms with van der Waals surface area (Å²) >= 11 is 4.98. The van der Waals surface area contributed by atoms with Gasteiger partial charge in [0, 0.05) is 6.21 Å². The molecule has 0 radical (unpaired) electrons. The minimum Gasteiger partial charge on any atom is -0.250 e. The van der Waals surface area contributed by atoms with Gasteiger partial charge in [0.25, 0.3) is 0 Å². The van der Waals surface area contributed by atoms with Crippen LogP contribution in [0.1, 0.15) is 18.7 Å². The zero-order valence-electron chi connectivity index (χ0n) is 6.82. The third-order valence-electron chi connectivity index (χ3n) is 1.83. The number of nitrogens with zero attached hydrogens (tertiary/aromatic N) is 3. The average Bonchev–Trinajstić information content (AvgIpc) is 2.80. The molecule has 0 aromatic carbocycles. The molecule has 1 fully saturated rings. The molecular weight excluding hydrogens is 172 g/mol. The van der Waals surface area contributed by atoms with Crippen LogP contribution in [0.15, 0.2) is 5.10 Å². The summed E-state index contributed by atoms with van der Waals surface area (Å²) in [6.07, 6.45) is 4.46. The molecule has 0 saturated heterocycles. The van der Waals surface area contributed by atoms with Crippen molar-refractivity contribution in [1.82, 2.24) is 14.9 Å². The maximum Gasteiger partial charge on any atom is 0.216 e. The smallest absolute Gasteiger partial charge is 0.216 e. The summed E-state index contributed by atoms with van der Waals surface area (Å²) in [5, 5.41) is 10.9. The zero-order chi connectivity index (χ0) is 8.55. The van der Waals surface area contributed by atoms with Crippen molar-refractivity contribution in [3.63, 3.8) is 0 Å². The second kappa shape index (κ2) is 2.82. The number of aromatic amines is 1. The molecule has 2 rings (SSSR count). The van der Waals surface area contributed by atoms with Crippen LogP contribution in [-0.4, -0.2) is 21.1 Å². The van der Waals surface area contributed by atoms with E-state index in [4.69, 9.17) is 12.2 Å². The van der Waals surface area contributed by atoms with Crippen LogP contribution in [0.5, 0.6) is 0 Å². The SMILES string of the molecule is Cc1n[nH]c(=S)n1/N=C/C1CC1. The second-order valence-corrected chi connectivity index (χ2v) is 3.38. The topological polar surface area (TPSA) is 46.0 Å². The van der Waals surface area contributed by atoms with Crippen molar-refractivity contribution in [1.29, 1.82) is 0 Å². The van der Waals surface area contributed by atoms with E-state index in [1.165, 1.54) is 12.8 Å². The van der Waals surface area contributed by atoms with Crippen molar-refractivity contribution >= 4 is 18.4 Å². The van der Waals surface area contributed by atoms with Crippen LogP contribution in [-0.2, 0) is 0 Å². The fourth-order valence-electron chi connectivity index (χ4n) is 0.913. The quantitative estimate of drug-likeness (QED) is 0.556. The van der Waals surface area contributed by atoms with Crippen molar-refractivity contribution in [2.45, 2.75) is 19.8 Å². The molecule has 1 N–H and O–H groups in total. The number of rotatable bonds is 2. The molecule has 0 aliphatic heterocycles. The van der Waals surface area contributed by atoms with Gasteiger partial charge in [0.1, 0.15) is 5.82 Å². The molecule has 0 spiro atoms. The van der Waals surface area contributed by atoms with Crippen LogP contribution in [0.25, 0.3) is 0 Å². The number of H-pyrrole nitrogens is 1. The Morgan fingerprint density at radius 2 is 2.50 bits per heavy atom. The lowest BCUT2D eigenvalue weighted by atomic mass is 10.5. The molecule has 0 amide bonds. The number of aromatic nitrogens is 3. The van der Waals surface area contributed by atoms with Crippen LogP contribution >= 0.6 is 12.2 Å². The Balaban J connectivity index is 2.25. The molecule has 5 heteroatoms. The maximum absolute atomic E-state index is 4.98. The van der Waals surface area contributed by atoms with Gasteiger partial charge in [0.05, 0.1) is 0 Å². The molecule has 1 aromatic rings. The maximum atomic E-state index is 4.98. The van der Waals surface area contributed by atoms with Crippen LogP contribution in [0, 0.1) is 17.6 Å². The normalized spacial score (nSPS) is 17.4. The van der Waals surface area contributed by atoms with Crippen LogP contribution in [0.3, 0.4) is 0 Å². The van der Waals surface area contributed by atoms with Gasteiger partial charge in [0.15, 0.2) is 0 Å². The van der Waals surface area contributed by atoms with Gasteiger partial charge in [-0.1, -0.05) is 0 Å². The van der Waals surface area contributed by atoms with Gasteiger partial charge in [-0.2, -0.15) is 14.9 Å². The van der Waals surface area contributed by atoms with E-state index in [9.17, 15) is 0 Å². The van der Waals surface area contributed by atoms with Gasteiger partial charge in [-0.3, -0.25) is 5.10 Å². The summed E-state index contributed by atoms with van der Waals surface area (Å²) in [6.45, 7) is 1.87. The Morgan fingerprint density at radius 1 is 1.75 bits per heavy atom. The number of hydrogen-bond donors (Lipinski definition) is 1. The van der Waals surface area contributed by atoms with Gasteiger partial charge in [-0.25, -0.2) is 0 Å². The summed E-state index contributed by atoms with van der Waals surface area (Å²) in [6, 6.07) is 0. The second-order valence-electron chi connectivity index (χ2n) is 2.99. The Kier molecular flexibility index (Phi) is 1.80. The van der Waals surface area contributed by atoms with Gasteiger partial charge in [0.2, 0.25) is 4.77 Å². The Hall–Kier alpha value is -0.970. The molecule has 1 aliphatic carbocycles. The van der Waals surface area contributed by atoms with Crippen molar-refractivity contribution in [3.8, 4) is 0 Å². The fourth-order valence-corrected chi connectivity index (χ4v) is 1.14. The molecule has 1 aromatic heterocycles. The lowest BCUT2D eigenvalue weighted by molar-refractivity contribution is 0.814. The monoisotopic (exact) mass is 182 g/mol. The predicted molar refractivity (Wildman–Crippen MR) is 48.8 cm³/mol. The van der Waals surface area contributed by atoms with Crippen LogP contribution in [0.4, 0.5) is 0 Å². The third kappa shape index (κ3) is 1.45. The predicted octanol–water partition coefficient (Wildman–Crippen LogP) is 1.49. The Morgan fingerprint density at radius 3 is 3.00 bits per heavy atom. The molecular formula is C7H10N4S. The van der Waals surface area contributed by atoms with Gasteiger partial charge < -0.3 is 0 Å². The zero-order valence-corrected chi connectivity index (χ0v) is 7.64. The first-order valence-corrected chi connectivity index (χ1v) is 4.36. The van der Waals surface area contributed by atoms with E-state index < -0.39 is 0 Å². The highest BCUT2D eigenvalue weighted by atomic mass is 32.1. The molecule has 0 unspecified atom stereocenters. The highest BCUT2D eigenvalue weighted by Crippen LogP contribution is 2.26. The number of hydrogen-bond acceptors (Lipinski definition) is 3. The van der Waals surface area contributed by atoms with E-state index >= 15 is 0 Å². The summed E-state index contributed by atoms with van der Waals surface area (Å²) < 4.78 is 2.21. The molecule has 64 valence electrons. The van der Waals surface area contributed by atoms with E-state index in [1.807, 2.05) is 13.1 Å².